The van der Waals surface area contributed by atoms with Crippen molar-refractivity contribution in [3.8, 4) is 5.75 Å². The molecule has 0 bridgehead atoms. The smallest absolute Gasteiger partial charge is 0.115 e. The molecule has 1 atom stereocenters. The van der Waals surface area contributed by atoms with Crippen molar-refractivity contribution in [2.45, 2.75) is 19.1 Å². The summed E-state index contributed by atoms with van der Waals surface area (Å²) >= 11 is 0. The zero-order valence-electron chi connectivity index (χ0n) is 7.36. The van der Waals surface area contributed by atoms with Gasteiger partial charge in [-0.15, -0.1) is 6.58 Å². The van der Waals surface area contributed by atoms with Crippen LogP contribution in [0.25, 0.3) is 0 Å². The topological polar surface area (TPSA) is 29.5 Å². The summed E-state index contributed by atoms with van der Waals surface area (Å²) < 4.78 is 5.54. The molecule has 0 radical (unpaired) electrons. The first kappa shape index (κ1) is 8.32. The highest BCUT2D eigenvalue weighted by Crippen LogP contribution is 2.34. The van der Waals surface area contributed by atoms with Crippen molar-refractivity contribution in [1.82, 2.24) is 0 Å². The van der Waals surface area contributed by atoms with Crippen LogP contribution in [0.1, 0.15) is 23.7 Å². The number of phenols is 1. The Morgan fingerprint density at radius 1 is 1.62 bits per heavy atom. The summed E-state index contributed by atoms with van der Waals surface area (Å²) in [5.41, 5.74) is 2.27. The Balaban J connectivity index is 2.34. The second-order valence-electron chi connectivity index (χ2n) is 3.21. The quantitative estimate of drug-likeness (QED) is 0.701. The van der Waals surface area contributed by atoms with E-state index in [0.29, 0.717) is 12.4 Å². The van der Waals surface area contributed by atoms with Gasteiger partial charge >= 0.3 is 0 Å². The lowest BCUT2D eigenvalue weighted by molar-refractivity contribution is 0.0684. The average molecular weight is 176 g/mol. The molecule has 1 aliphatic rings. The molecular formula is C11H12O2. The summed E-state index contributed by atoms with van der Waals surface area (Å²) in [6.45, 7) is 4.32. The Labute approximate surface area is 77.5 Å². The van der Waals surface area contributed by atoms with E-state index in [2.05, 4.69) is 6.58 Å². The van der Waals surface area contributed by atoms with Gasteiger partial charge in [0.1, 0.15) is 5.75 Å². The zero-order valence-corrected chi connectivity index (χ0v) is 7.36. The van der Waals surface area contributed by atoms with Crippen LogP contribution in [0.3, 0.4) is 0 Å². The summed E-state index contributed by atoms with van der Waals surface area (Å²) in [5.74, 6) is 0.304. The van der Waals surface area contributed by atoms with Crippen molar-refractivity contribution in [3.63, 3.8) is 0 Å². The molecule has 68 valence electrons. The predicted molar refractivity (Wildman–Crippen MR) is 50.5 cm³/mol. The van der Waals surface area contributed by atoms with Gasteiger partial charge in [-0.3, -0.25) is 0 Å². The normalized spacial score (nSPS) is 19.8. The van der Waals surface area contributed by atoms with Crippen molar-refractivity contribution in [3.05, 3.63) is 42.0 Å². The van der Waals surface area contributed by atoms with Crippen LogP contribution in [-0.4, -0.2) is 5.11 Å². The molecule has 0 aromatic heterocycles. The lowest BCUT2D eigenvalue weighted by Crippen LogP contribution is -1.92. The molecule has 13 heavy (non-hydrogen) atoms. The second kappa shape index (κ2) is 3.23. The molecule has 1 heterocycles. The third-order valence-electron chi connectivity index (χ3n) is 2.30. The van der Waals surface area contributed by atoms with Crippen LogP contribution in [0.2, 0.25) is 0 Å². The fraction of sp³-hybridized carbons (Fsp3) is 0.273. The minimum Gasteiger partial charge on any atom is -0.508 e. The van der Waals surface area contributed by atoms with Crippen LogP contribution in [-0.2, 0) is 11.3 Å². The van der Waals surface area contributed by atoms with Crippen molar-refractivity contribution >= 4 is 0 Å². The van der Waals surface area contributed by atoms with E-state index in [1.165, 1.54) is 5.56 Å². The Bertz CT molecular complexity index is 331. The van der Waals surface area contributed by atoms with E-state index in [9.17, 15) is 5.11 Å². The highest BCUT2D eigenvalue weighted by atomic mass is 16.5. The number of benzene rings is 1. The minimum absolute atomic E-state index is 0.0830. The summed E-state index contributed by atoms with van der Waals surface area (Å²) in [6, 6.07) is 5.38. The first-order valence-corrected chi connectivity index (χ1v) is 4.35. The summed E-state index contributed by atoms with van der Waals surface area (Å²) in [7, 11) is 0. The highest BCUT2D eigenvalue weighted by Gasteiger charge is 2.21. The monoisotopic (exact) mass is 176 g/mol. The van der Waals surface area contributed by atoms with E-state index in [4.69, 9.17) is 4.74 Å². The number of ether oxygens (including phenoxy) is 1. The molecule has 0 saturated heterocycles. The van der Waals surface area contributed by atoms with E-state index >= 15 is 0 Å². The molecule has 0 spiro atoms. The average Bonchev–Trinajstić information content (AvgIpc) is 2.49. The van der Waals surface area contributed by atoms with Gasteiger partial charge < -0.3 is 9.84 Å². The molecule has 0 saturated carbocycles. The van der Waals surface area contributed by atoms with E-state index in [1.807, 2.05) is 12.1 Å². The second-order valence-corrected chi connectivity index (χ2v) is 3.21. The maximum Gasteiger partial charge on any atom is 0.115 e. The molecule has 2 rings (SSSR count). The third kappa shape index (κ3) is 1.45. The van der Waals surface area contributed by atoms with Crippen molar-refractivity contribution in [2.75, 3.05) is 0 Å². The van der Waals surface area contributed by atoms with Crippen LogP contribution in [0.5, 0.6) is 5.75 Å². The highest BCUT2D eigenvalue weighted by molar-refractivity contribution is 5.38. The van der Waals surface area contributed by atoms with Crippen molar-refractivity contribution < 1.29 is 9.84 Å². The molecule has 2 heteroatoms. The number of hydrogen-bond acceptors (Lipinski definition) is 2. The van der Waals surface area contributed by atoms with Gasteiger partial charge in [-0.25, -0.2) is 0 Å². The van der Waals surface area contributed by atoms with Crippen molar-refractivity contribution in [2.24, 2.45) is 0 Å². The van der Waals surface area contributed by atoms with E-state index in [-0.39, 0.29) is 6.10 Å². The number of fused-ring (bicyclic) bond motifs is 1. The van der Waals surface area contributed by atoms with E-state index in [0.717, 1.165) is 12.0 Å². The summed E-state index contributed by atoms with van der Waals surface area (Å²) in [5, 5.41) is 9.30. The SMILES string of the molecule is C=CCC1OCc2ccc(O)cc21. The zero-order chi connectivity index (χ0) is 9.26. The molecular weight excluding hydrogens is 164 g/mol. The van der Waals surface area contributed by atoms with Gasteiger partial charge in [-0.05, 0) is 29.7 Å². The van der Waals surface area contributed by atoms with Crippen LogP contribution >= 0.6 is 0 Å². The Kier molecular flexibility index (Phi) is 2.07. The lowest BCUT2D eigenvalue weighted by Gasteiger charge is -2.07. The first-order chi connectivity index (χ1) is 6.31. The van der Waals surface area contributed by atoms with Crippen LogP contribution in [0.4, 0.5) is 0 Å². The lowest BCUT2D eigenvalue weighted by atomic mass is 10.0. The molecule has 1 aromatic carbocycles. The van der Waals surface area contributed by atoms with Gasteiger partial charge in [-0.1, -0.05) is 12.1 Å². The first-order valence-electron chi connectivity index (χ1n) is 4.35. The van der Waals surface area contributed by atoms with E-state index < -0.39 is 0 Å². The molecule has 0 amide bonds. The predicted octanol–water partition coefficient (Wildman–Crippen LogP) is 2.54. The van der Waals surface area contributed by atoms with Crippen molar-refractivity contribution in [1.29, 1.82) is 0 Å². The van der Waals surface area contributed by atoms with Gasteiger partial charge in [-0.2, -0.15) is 0 Å². The Morgan fingerprint density at radius 3 is 3.23 bits per heavy atom. The maximum absolute atomic E-state index is 9.30. The van der Waals surface area contributed by atoms with Gasteiger partial charge in [0.2, 0.25) is 0 Å². The van der Waals surface area contributed by atoms with E-state index in [1.54, 1.807) is 12.1 Å². The number of phenolic OH excluding ortho intramolecular Hbond substituents is 1. The Hall–Kier alpha value is -1.28. The minimum atomic E-state index is 0.0830. The number of hydrogen-bond donors (Lipinski definition) is 1. The molecule has 1 aromatic rings. The maximum atomic E-state index is 9.30. The summed E-state index contributed by atoms with van der Waals surface area (Å²) in [4.78, 5) is 0. The Morgan fingerprint density at radius 2 is 2.46 bits per heavy atom. The fourth-order valence-corrected chi connectivity index (χ4v) is 1.64. The summed E-state index contributed by atoms with van der Waals surface area (Å²) in [6.07, 6.45) is 2.72. The van der Waals surface area contributed by atoms with Gasteiger partial charge in [0.05, 0.1) is 12.7 Å². The van der Waals surface area contributed by atoms with Crippen LogP contribution in [0.15, 0.2) is 30.9 Å². The largest absolute Gasteiger partial charge is 0.508 e. The van der Waals surface area contributed by atoms with Gasteiger partial charge in [0.15, 0.2) is 0 Å². The molecule has 1 N–H and O–H groups in total. The molecule has 2 nitrogen and oxygen atoms in total. The molecule has 1 aliphatic heterocycles. The standard InChI is InChI=1S/C11H12O2/c1-2-3-11-10-6-9(12)5-4-8(10)7-13-11/h2,4-6,11-12H,1,3,7H2. The van der Waals surface area contributed by atoms with Crippen LogP contribution < -0.4 is 0 Å². The number of rotatable bonds is 2. The molecule has 0 fully saturated rings. The van der Waals surface area contributed by atoms with Crippen LogP contribution in [0, 0.1) is 0 Å². The number of aromatic hydroxyl groups is 1. The fourth-order valence-electron chi connectivity index (χ4n) is 1.64. The van der Waals surface area contributed by atoms with Gasteiger partial charge in [0.25, 0.3) is 0 Å². The van der Waals surface area contributed by atoms with Gasteiger partial charge in [0, 0.05) is 0 Å². The molecule has 0 aliphatic carbocycles. The molecule has 1 unspecified atom stereocenters. The third-order valence-corrected chi connectivity index (χ3v) is 2.30.